The number of aromatic nitrogens is 2. The second kappa shape index (κ2) is 10.3. The molecule has 0 amide bonds. The molecule has 3 aliphatic rings. The average molecular weight is 457 g/mol. The third kappa shape index (κ3) is 5.13. The minimum atomic E-state index is 0.257. The van der Waals surface area contributed by atoms with Crippen molar-refractivity contribution in [3.63, 3.8) is 0 Å². The molecule has 1 atom stereocenters. The Balaban J connectivity index is 1.20. The molecule has 7 nitrogen and oxygen atoms in total. The molecule has 5 rings (SSSR count). The van der Waals surface area contributed by atoms with Crippen molar-refractivity contribution in [2.75, 3.05) is 52.4 Å². The van der Waals surface area contributed by atoms with E-state index in [0.717, 1.165) is 48.6 Å². The molecule has 32 heavy (non-hydrogen) atoms. The van der Waals surface area contributed by atoms with Gasteiger partial charge in [0.25, 0.3) is 0 Å². The number of nitrogens with zero attached hydrogens (tertiary/aromatic N) is 4. The van der Waals surface area contributed by atoms with Gasteiger partial charge in [0.15, 0.2) is 16.7 Å². The molecular formula is C24H32N4O3S. The summed E-state index contributed by atoms with van der Waals surface area (Å²) in [7, 11) is 1.67. The Morgan fingerprint density at radius 1 is 1.12 bits per heavy atom. The first-order valence-corrected chi connectivity index (χ1v) is 12.6. The third-order valence-electron chi connectivity index (χ3n) is 6.54. The molecule has 0 bridgehead atoms. The fourth-order valence-electron chi connectivity index (χ4n) is 4.90. The van der Waals surface area contributed by atoms with Crippen LogP contribution < -0.4 is 14.2 Å². The molecule has 1 aromatic heterocycles. The maximum absolute atomic E-state index is 5.60. The highest BCUT2D eigenvalue weighted by Crippen LogP contribution is 2.42. The largest absolute Gasteiger partial charge is 0.493 e. The minimum Gasteiger partial charge on any atom is -0.493 e. The zero-order valence-corrected chi connectivity index (χ0v) is 19.6. The van der Waals surface area contributed by atoms with E-state index in [4.69, 9.17) is 19.2 Å². The first kappa shape index (κ1) is 21.8. The molecule has 8 heteroatoms. The van der Waals surface area contributed by atoms with E-state index in [0.29, 0.717) is 11.7 Å². The number of methoxy groups -OCH3 is 1. The molecule has 1 unspecified atom stereocenters. The van der Waals surface area contributed by atoms with Crippen molar-refractivity contribution in [1.82, 2.24) is 19.8 Å². The van der Waals surface area contributed by atoms with Gasteiger partial charge in [-0.2, -0.15) is 0 Å². The van der Waals surface area contributed by atoms with Crippen molar-refractivity contribution >= 4 is 11.8 Å². The second-order valence-electron chi connectivity index (χ2n) is 8.77. The molecular weight excluding hydrogens is 424 g/mol. The highest BCUT2D eigenvalue weighted by atomic mass is 32.2. The lowest BCUT2D eigenvalue weighted by molar-refractivity contribution is 0.171. The van der Waals surface area contributed by atoms with Gasteiger partial charge in [-0.05, 0) is 69.1 Å². The van der Waals surface area contributed by atoms with Crippen molar-refractivity contribution in [1.29, 1.82) is 0 Å². The molecule has 2 fully saturated rings. The van der Waals surface area contributed by atoms with Crippen molar-refractivity contribution in [2.45, 2.75) is 43.3 Å². The van der Waals surface area contributed by atoms with E-state index in [9.17, 15) is 0 Å². The summed E-state index contributed by atoms with van der Waals surface area (Å²) in [5, 5.41) is 0.916. The van der Waals surface area contributed by atoms with Crippen molar-refractivity contribution < 1.29 is 14.2 Å². The number of fused-ring (bicyclic) bond motifs is 1. The fraction of sp³-hybridized carbons (Fsp3) is 0.583. The van der Waals surface area contributed by atoms with Gasteiger partial charge >= 0.3 is 0 Å². The van der Waals surface area contributed by atoms with E-state index < -0.39 is 0 Å². The predicted octanol–water partition coefficient (Wildman–Crippen LogP) is 3.78. The second-order valence-corrected chi connectivity index (χ2v) is 9.83. The zero-order chi connectivity index (χ0) is 21.8. The van der Waals surface area contributed by atoms with E-state index >= 15 is 0 Å². The number of ether oxygens (including phenoxy) is 3. The Morgan fingerprint density at radius 2 is 2.00 bits per heavy atom. The summed E-state index contributed by atoms with van der Waals surface area (Å²) in [5.41, 5.74) is 2.37. The van der Waals surface area contributed by atoms with Gasteiger partial charge in [-0.3, -0.25) is 4.90 Å². The summed E-state index contributed by atoms with van der Waals surface area (Å²) in [5.74, 6) is 3.74. The van der Waals surface area contributed by atoms with Crippen molar-refractivity contribution in [3.05, 3.63) is 35.7 Å². The Bertz CT molecular complexity index is 922. The first-order chi connectivity index (χ1) is 15.8. The number of benzene rings is 1. The zero-order valence-electron chi connectivity index (χ0n) is 18.8. The van der Waals surface area contributed by atoms with Gasteiger partial charge in [-0.15, -0.1) is 0 Å². The molecule has 4 heterocycles. The minimum absolute atomic E-state index is 0.257. The summed E-state index contributed by atoms with van der Waals surface area (Å²) in [6.45, 7) is 6.85. The number of hydrogen-bond donors (Lipinski definition) is 0. The van der Waals surface area contributed by atoms with Crippen LogP contribution in [0.2, 0.25) is 0 Å². The summed E-state index contributed by atoms with van der Waals surface area (Å²) in [6, 6.07) is 6.24. The Labute approximate surface area is 194 Å². The van der Waals surface area contributed by atoms with E-state index in [-0.39, 0.29) is 6.79 Å². The van der Waals surface area contributed by atoms with Crippen molar-refractivity contribution in [3.8, 4) is 17.2 Å². The highest BCUT2D eigenvalue weighted by molar-refractivity contribution is 7.99. The van der Waals surface area contributed by atoms with Gasteiger partial charge in [0, 0.05) is 43.2 Å². The van der Waals surface area contributed by atoms with E-state index in [2.05, 4.69) is 33.0 Å². The van der Waals surface area contributed by atoms with E-state index in [1.54, 1.807) is 18.9 Å². The van der Waals surface area contributed by atoms with Crippen LogP contribution in [0.15, 0.2) is 29.6 Å². The number of hydrogen-bond acceptors (Lipinski definition) is 8. The van der Waals surface area contributed by atoms with Crippen LogP contribution in [0, 0.1) is 0 Å². The molecule has 0 aliphatic carbocycles. The lowest BCUT2D eigenvalue weighted by atomic mass is 9.94. The predicted molar refractivity (Wildman–Crippen MR) is 125 cm³/mol. The Hall–Kier alpha value is -2.03. The van der Waals surface area contributed by atoms with Gasteiger partial charge in [0.05, 0.1) is 7.11 Å². The monoisotopic (exact) mass is 456 g/mol. The van der Waals surface area contributed by atoms with Gasteiger partial charge in [0.2, 0.25) is 12.5 Å². The topological polar surface area (TPSA) is 60.0 Å². The van der Waals surface area contributed by atoms with Gasteiger partial charge in [0.1, 0.15) is 0 Å². The number of likely N-dealkylation sites (tertiary alicyclic amines) is 2. The molecule has 0 spiro atoms. The van der Waals surface area contributed by atoms with Crippen LogP contribution in [0.4, 0.5) is 0 Å². The van der Waals surface area contributed by atoms with Gasteiger partial charge in [-0.1, -0.05) is 11.8 Å². The summed E-state index contributed by atoms with van der Waals surface area (Å²) < 4.78 is 16.6. The Morgan fingerprint density at radius 3 is 2.88 bits per heavy atom. The maximum Gasteiger partial charge on any atom is 0.231 e. The van der Waals surface area contributed by atoms with E-state index in [1.807, 2.05) is 6.20 Å². The summed E-state index contributed by atoms with van der Waals surface area (Å²) in [6.07, 6.45) is 6.97. The first-order valence-electron chi connectivity index (χ1n) is 11.7. The summed E-state index contributed by atoms with van der Waals surface area (Å²) in [4.78, 5) is 14.5. The third-order valence-corrected chi connectivity index (χ3v) is 7.38. The fourth-order valence-corrected chi connectivity index (χ4v) is 5.73. The highest BCUT2D eigenvalue weighted by Gasteiger charge is 2.25. The van der Waals surface area contributed by atoms with Crippen LogP contribution in [0.3, 0.4) is 0 Å². The molecule has 0 N–H and O–H groups in total. The Kier molecular flexibility index (Phi) is 7.00. The normalized spacial score (nSPS) is 21.2. The van der Waals surface area contributed by atoms with Crippen LogP contribution in [0.25, 0.3) is 0 Å². The quantitative estimate of drug-likeness (QED) is 0.439. The van der Waals surface area contributed by atoms with E-state index in [1.165, 1.54) is 50.0 Å². The molecule has 172 valence electrons. The van der Waals surface area contributed by atoms with Crippen LogP contribution in [-0.2, 0) is 6.54 Å². The van der Waals surface area contributed by atoms with Crippen LogP contribution >= 0.6 is 11.8 Å². The summed E-state index contributed by atoms with van der Waals surface area (Å²) >= 11 is 1.79. The average Bonchev–Trinajstić information content (AvgIpc) is 3.51. The van der Waals surface area contributed by atoms with Crippen molar-refractivity contribution in [2.24, 2.45) is 0 Å². The molecule has 0 saturated carbocycles. The lowest BCUT2D eigenvalue weighted by Crippen LogP contribution is -2.34. The standard InChI is InChI=1S/C24H32N4O3S/c1-29-21-13-18(14-22-23(21)31-17-30-22)15-28-10-4-5-19(16-28)20-6-7-25-24(26-20)32-12-11-27-8-2-3-9-27/h6-7,13-14,19H,2-5,8-12,15-17H2,1H3. The van der Waals surface area contributed by atoms with Crippen LogP contribution in [0.1, 0.15) is 42.9 Å². The molecule has 3 aliphatic heterocycles. The maximum atomic E-state index is 5.60. The van der Waals surface area contributed by atoms with Crippen LogP contribution in [-0.4, -0.2) is 72.1 Å². The molecule has 2 saturated heterocycles. The number of piperidine rings is 1. The molecule has 2 aromatic rings. The number of rotatable bonds is 8. The molecule has 1 aromatic carbocycles. The number of thioether (sulfide) groups is 1. The van der Waals surface area contributed by atoms with Gasteiger partial charge in [-0.25, -0.2) is 9.97 Å². The van der Waals surface area contributed by atoms with Gasteiger partial charge < -0.3 is 19.1 Å². The molecule has 0 radical (unpaired) electrons. The smallest absolute Gasteiger partial charge is 0.231 e. The SMILES string of the molecule is COc1cc(CN2CCCC(c3ccnc(SCCN4CCCC4)n3)C2)cc2c1OCO2. The lowest BCUT2D eigenvalue weighted by Gasteiger charge is -2.32. The van der Waals surface area contributed by atoms with Crippen LogP contribution in [0.5, 0.6) is 17.2 Å².